The molecule has 0 saturated carbocycles. The van der Waals surface area contributed by atoms with Crippen LogP contribution in [-0.2, 0) is 6.54 Å². The lowest BCUT2D eigenvalue weighted by atomic mass is 10.1. The Morgan fingerprint density at radius 1 is 1.17 bits per heavy atom. The van der Waals surface area contributed by atoms with Crippen LogP contribution in [0.25, 0.3) is 22.2 Å². The third-order valence-electron chi connectivity index (χ3n) is 3.82. The van der Waals surface area contributed by atoms with Crippen molar-refractivity contribution in [3.05, 3.63) is 54.7 Å². The number of benzene rings is 1. The highest BCUT2D eigenvalue weighted by atomic mass is 16.6. The van der Waals surface area contributed by atoms with Crippen molar-refractivity contribution in [2.75, 3.05) is 6.61 Å². The molecule has 0 fully saturated rings. The van der Waals surface area contributed by atoms with Crippen molar-refractivity contribution in [2.24, 2.45) is 0 Å². The summed E-state index contributed by atoms with van der Waals surface area (Å²) < 4.78 is 12.3. The van der Waals surface area contributed by atoms with Crippen LogP contribution in [-0.4, -0.2) is 31.5 Å². The normalized spacial score (nSPS) is 11.0. The molecule has 0 spiro atoms. The zero-order chi connectivity index (χ0) is 16.4. The van der Waals surface area contributed by atoms with Crippen LogP contribution < -0.4 is 4.74 Å². The lowest BCUT2D eigenvalue weighted by Crippen LogP contribution is -2.09. The zero-order valence-corrected chi connectivity index (χ0v) is 13.1. The molecule has 7 nitrogen and oxygen atoms in total. The summed E-state index contributed by atoms with van der Waals surface area (Å²) in [4.78, 5) is 8.69. The van der Waals surface area contributed by atoms with Crippen molar-refractivity contribution < 1.29 is 9.37 Å². The van der Waals surface area contributed by atoms with Crippen LogP contribution in [0.4, 0.5) is 0 Å². The van der Waals surface area contributed by atoms with Gasteiger partial charge in [-0.05, 0) is 23.5 Å². The van der Waals surface area contributed by atoms with Crippen LogP contribution in [0.2, 0.25) is 0 Å². The summed E-state index contributed by atoms with van der Waals surface area (Å²) in [6.07, 6.45) is 7.38. The minimum atomic E-state index is 0.424. The molecule has 0 atom stereocenters. The molecule has 1 aromatic carbocycles. The highest BCUT2D eigenvalue weighted by Gasteiger charge is 2.11. The van der Waals surface area contributed by atoms with E-state index < -0.39 is 0 Å². The Hall–Kier alpha value is -3.22. The van der Waals surface area contributed by atoms with Gasteiger partial charge in [0.15, 0.2) is 0 Å². The molecular formula is C17H15N5O2. The molecule has 3 heterocycles. The Kier molecular flexibility index (Phi) is 3.66. The summed E-state index contributed by atoms with van der Waals surface area (Å²) in [6, 6.07) is 8.13. The van der Waals surface area contributed by atoms with Crippen molar-refractivity contribution >= 4 is 10.8 Å². The Balaban J connectivity index is 1.59. The van der Waals surface area contributed by atoms with Gasteiger partial charge in [-0.3, -0.25) is 4.98 Å². The van der Waals surface area contributed by atoms with Gasteiger partial charge in [-0.2, -0.15) is 0 Å². The number of aromatic nitrogens is 5. The average Bonchev–Trinajstić information content (AvgIpc) is 3.24. The predicted octanol–water partition coefficient (Wildman–Crippen LogP) is 2.87. The fraction of sp³-hybridized carbons (Fsp3) is 0.176. The molecule has 0 amide bonds. The molecule has 0 radical (unpaired) electrons. The van der Waals surface area contributed by atoms with Crippen LogP contribution in [0.15, 0.2) is 53.7 Å². The Bertz CT molecular complexity index is 970. The molecule has 0 bridgehead atoms. The lowest BCUT2D eigenvalue weighted by Gasteiger charge is -2.10. The number of hydrogen-bond donors (Lipinski definition) is 0. The van der Waals surface area contributed by atoms with Crippen molar-refractivity contribution in [3.8, 4) is 17.3 Å². The van der Waals surface area contributed by atoms with E-state index in [0.717, 1.165) is 22.2 Å². The molecule has 4 rings (SSSR count). The number of fused-ring (bicyclic) bond motifs is 1. The second kappa shape index (κ2) is 6.11. The summed E-state index contributed by atoms with van der Waals surface area (Å²) in [5, 5.41) is 9.62. The Morgan fingerprint density at radius 2 is 2.12 bits per heavy atom. The number of imidazole rings is 1. The molecule has 24 heavy (non-hydrogen) atoms. The molecule has 3 aromatic heterocycles. The van der Waals surface area contributed by atoms with E-state index in [1.54, 1.807) is 19.3 Å². The highest BCUT2D eigenvalue weighted by molar-refractivity contribution is 5.94. The molecule has 0 aliphatic rings. The Morgan fingerprint density at radius 3 is 3.00 bits per heavy atom. The second-order valence-electron chi connectivity index (χ2n) is 5.35. The van der Waals surface area contributed by atoms with Gasteiger partial charge < -0.3 is 9.30 Å². The smallest absolute Gasteiger partial charge is 0.278 e. The maximum atomic E-state index is 5.60. The van der Waals surface area contributed by atoms with Crippen LogP contribution in [0, 0.1) is 6.92 Å². The Labute approximate surface area is 137 Å². The van der Waals surface area contributed by atoms with Crippen LogP contribution in [0.5, 0.6) is 5.88 Å². The molecule has 0 aliphatic carbocycles. The third kappa shape index (κ3) is 2.60. The van der Waals surface area contributed by atoms with E-state index in [4.69, 9.17) is 4.74 Å². The maximum absolute atomic E-state index is 5.60. The minimum Gasteiger partial charge on any atom is -0.472 e. The molecule has 7 heteroatoms. The highest BCUT2D eigenvalue weighted by Crippen LogP contribution is 2.26. The van der Waals surface area contributed by atoms with Crippen LogP contribution in [0.1, 0.15) is 5.69 Å². The molecular weight excluding hydrogens is 306 g/mol. The van der Waals surface area contributed by atoms with Gasteiger partial charge in [0.25, 0.3) is 5.88 Å². The third-order valence-corrected chi connectivity index (χ3v) is 3.82. The van der Waals surface area contributed by atoms with E-state index in [9.17, 15) is 0 Å². The van der Waals surface area contributed by atoms with Gasteiger partial charge in [-0.25, -0.2) is 9.61 Å². The number of pyridine rings is 1. The van der Waals surface area contributed by atoms with Gasteiger partial charge in [0.1, 0.15) is 18.1 Å². The summed E-state index contributed by atoms with van der Waals surface area (Å²) in [5.74, 6) is 1.32. The van der Waals surface area contributed by atoms with E-state index in [0.29, 0.717) is 24.7 Å². The van der Waals surface area contributed by atoms with Gasteiger partial charge in [-0.15, -0.1) is 0 Å². The van der Waals surface area contributed by atoms with Gasteiger partial charge in [0.05, 0.1) is 6.54 Å². The van der Waals surface area contributed by atoms with Crippen LogP contribution in [0.3, 0.4) is 0 Å². The quantitative estimate of drug-likeness (QED) is 0.562. The summed E-state index contributed by atoms with van der Waals surface area (Å²) >= 11 is 0. The number of nitrogens with zero attached hydrogens (tertiary/aromatic N) is 5. The molecule has 0 unspecified atom stereocenters. The van der Waals surface area contributed by atoms with Gasteiger partial charge in [0, 0.05) is 35.7 Å². The van der Waals surface area contributed by atoms with Crippen LogP contribution >= 0.6 is 0 Å². The summed E-state index contributed by atoms with van der Waals surface area (Å²) in [7, 11) is 0. The number of aryl methyl sites for hydroxylation is 1. The summed E-state index contributed by atoms with van der Waals surface area (Å²) in [5.41, 5.74) is 1.71. The zero-order valence-electron chi connectivity index (χ0n) is 13.1. The molecule has 120 valence electrons. The van der Waals surface area contributed by atoms with Gasteiger partial charge in [0.2, 0.25) is 0 Å². The fourth-order valence-electron chi connectivity index (χ4n) is 2.65. The average molecular weight is 321 g/mol. The molecule has 0 aliphatic heterocycles. The maximum Gasteiger partial charge on any atom is 0.278 e. The first kappa shape index (κ1) is 14.4. The first-order chi connectivity index (χ1) is 11.8. The van der Waals surface area contributed by atoms with Crippen molar-refractivity contribution in [3.63, 3.8) is 0 Å². The van der Waals surface area contributed by atoms with E-state index in [1.165, 1.54) is 0 Å². The largest absolute Gasteiger partial charge is 0.472 e. The van der Waals surface area contributed by atoms with E-state index in [-0.39, 0.29) is 0 Å². The monoisotopic (exact) mass is 321 g/mol. The van der Waals surface area contributed by atoms with Gasteiger partial charge >= 0.3 is 0 Å². The van der Waals surface area contributed by atoms with Crippen molar-refractivity contribution in [1.29, 1.82) is 0 Å². The van der Waals surface area contributed by atoms with Crippen molar-refractivity contribution in [2.45, 2.75) is 13.5 Å². The van der Waals surface area contributed by atoms with E-state index in [1.807, 2.05) is 30.6 Å². The number of rotatable bonds is 5. The number of hydrogen-bond acceptors (Lipinski definition) is 6. The number of ether oxygens (including phenoxy) is 1. The second-order valence-corrected chi connectivity index (χ2v) is 5.35. The van der Waals surface area contributed by atoms with E-state index in [2.05, 4.69) is 35.5 Å². The van der Waals surface area contributed by atoms with E-state index >= 15 is 0 Å². The standard InChI is InChI=1S/C17H15N5O2/c1-12-17(21-24-20-12)23-10-9-22-8-7-19-16(22)15-4-2-3-13-11-18-6-5-14(13)15/h2-8,11H,9-10H2,1H3. The lowest BCUT2D eigenvalue weighted by molar-refractivity contribution is 0.248. The first-order valence-corrected chi connectivity index (χ1v) is 7.59. The fourth-order valence-corrected chi connectivity index (χ4v) is 2.65. The first-order valence-electron chi connectivity index (χ1n) is 7.59. The predicted molar refractivity (Wildman–Crippen MR) is 87.5 cm³/mol. The SMILES string of the molecule is Cc1nonc1OCCn1ccnc1-c1cccc2cnccc12. The van der Waals surface area contributed by atoms with Crippen molar-refractivity contribution in [1.82, 2.24) is 24.8 Å². The molecule has 0 N–H and O–H groups in total. The molecule has 4 aromatic rings. The molecule has 0 saturated heterocycles. The van der Waals surface area contributed by atoms with Gasteiger partial charge in [-0.1, -0.05) is 23.4 Å². The summed E-state index contributed by atoms with van der Waals surface area (Å²) in [6.45, 7) is 2.88. The minimum absolute atomic E-state index is 0.424. The topological polar surface area (TPSA) is 78.9 Å².